The maximum Gasteiger partial charge on any atom is 0.144 e. The summed E-state index contributed by atoms with van der Waals surface area (Å²) < 4.78 is 1.07. The number of halogens is 1. The number of anilines is 1. The van der Waals surface area contributed by atoms with Crippen LogP contribution in [0.4, 0.5) is 5.82 Å². The molecule has 0 spiro atoms. The van der Waals surface area contributed by atoms with Gasteiger partial charge in [-0.15, -0.1) is 11.3 Å². The molecule has 2 heterocycles. The van der Waals surface area contributed by atoms with Crippen LogP contribution >= 0.6 is 27.3 Å². The molecular weight excluding hydrogens is 286 g/mol. The van der Waals surface area contributed by atoms with Crippen LogP contribution in [0.2, 0.25) is 0 Å². The van der Waals surface area contributed by atoms with Gasteiger partial charge in [-0.05, 0) is 40.2 Å². The summed E-state index contributed by atoms with van der Waals surface area (Å²) in [6.07, 6.45) is 0. The lowest BCUT2D eigenvalue weighted by atomic mass is 10.2. The number of nitrogens with zero attached hydrogens (tertiary/aromatic N) is 2. The van der Waals surface area contributed by atoms with Crippen molar-refractivity contribution in [2.75, 3.05) is 12.4 Å². The molecule has 2 aromatic rings. The van der Waals surface area contributed by atoms with E-state index in [9.17, 15) is 0 Å². The number of aromatic nitrogens is 1. The molecule has 80 valence electrons. The van der Waals surface area contributed by atoms with Gasteiger partial charge >= 0.3 is 0 Å². The van der Waals surface area contributed by atoms with Crippen LogP contribution in [-0.4, -0.2) is 12.0 Å². The van der Waals surface area contributed by atoms with Crippen LogP contribution < -0.4 is 5.32 Å². The zero-order chi connectivity index (χ0) is 11.5. The van der Waals surface area contributed by atoms with E-state index in [1.807, 2.05) is 18.2 Å². The first kappa shape index (κ1) is 11.1. The molecule has 5 heteroatoms. The first-order chi connectivity index (χ1) is 7.74. The monoisotopic (exact) mass is 293 g/mol. The van der Waals surface area contributed by atoms with E-state index in [1.165, 1.54) is 0 Å². The maximum atomic E-state index is 8.88. The Morgan fingerprint density at radius 2 is 2.19 bits per heavy atom. The number of rotatable bonds is 2. The van der Waals surface area contributed by atoms with Crippen molar-refractivity contribution in [1.29, 1.82) is 5.26 Å². The second-order valence-electron chi connectivity index (χ2n) is 3.06. The van der Waals surface area contributed by atoms with E-state index in [2.05, 4.69) is 32.3 Å². The Hall–Kier alpha value is -1.38. The Labute approximate surface area is 106 Å². The van der Waals surface area contributed by atoms with Crippen molar-refractivity contribution in [2.45, 2.75) is 0 Å². The largest absolute Gasteiger partial charge is 0.372 e. The fourth-order valence-corrected chi connectivity index (χ4v) is 2.68. The molecular formula is C11H8BrN3S. The average Bonchev–Trinajstić information content (AvgIpc) is 2.75. The topological polar surface area (TPSA) is 48.7 Å². The van der Waals surface area contributed by atoms with Crippen molar-refractivity contribution in [2.24, 2.45) is 0 Å². The number of thiophene rings is 1. The Bertz CT molecular complexity index is 557. The molecule has 2 aromatic heterocycles. The highest BCUT2D eigenvalue weighted by molar-refractivity contribution is 9.11. The summed E-state index contributed by atoms with van der Waals surface area (Å²) in [4.78, 5) is 5.48. The first-order valence-corrected chi connectivity index (χ1v) is 6.20. The van der Waals surface area contributed by atoms with Gasteiger partial charge in [0.2, 0.25) is 0 Å². The average molecular weight is 294 g/mol. The third kappa shape index (κ3) is 2.08. The molecule has 0 aliphatic heterocycles. The number of nitrogens with one attached hydrogen (secondary N) is 1. The van der Waals surface area contributed by atoms with Gasteiger partial charge in [0.05, 0.1) is 19.9 Å². The third-order valence-electron chi connectivity index (χ3n) is 2.08. The summed E-state index contributed by atoms with van der Waals surface area (Å²) in [5.41, 5.74) is 1.43. The first-order valence-electron chi connectivity index (χ1n) is 4.59. The molecule has 0 bridgehead atoms. The molecule has 16 heavy (non-hydrogen) atoms. The van der Waals surface area contributed by atoms with Crippen LogP contribution in [0.15, 0.2) is 28.1 Å². The normalized spacial score (nSPS) is 9.81. The number of hydrogen-bond donors (Lipinski definition) is 1. The van der Waals surface area contributed by atoms with Gasteiger partial charge in [0, 0.05) is 7.05 Å². The van der Waals surface area contributed by atoms with E-state index in [-0.39, 0.29) is 0 Å². The lowest BCUT2D eigenvalue weighted by Crippen LogP contribution is -1.96. The number of hydrogen-bond acceptors (Lipinski definition) is 4. The summed E-state index contributed by atoms with van der Waals surface area (Å²) in [5, 5.41) is 11.8. The second kappa shape index (κ2) is 4.64. The summed E-state index contributed by atoms with van der Waals surface area (Å²) in [7, 11) is 1.76. The lowest BCUT2D eigenvalue weighted by Gasteiger charge is -2.03. The van der Waals surface area contributed by atoms with E-state index in [0.717, 1.165) is 14.4 Å². The highest BCUT2D eigenvalue weighted by atomic mass is 79.9. The van der Waals surface area contributed by atoms with Crippen LogP contribution in [0.3, 0.4) is 0 Å². The Balaban J connectivity index is 2.48. The van der Waals surface area contributed by atoms with Crippen molar-refractivity contribution in [1.82, 2.24) is 4.98 Å². The van der Waals surface area contributed by atoms with Gasteiger partial charge in [-0.1, -0.05) is 0 Å². The van der Waals surface area contributed by atoms with E-state index < -0.39 is 0 Å². The van der Waals surface area contributed by atoms with Crippen molar-refractivity contribution >= 4 is 33.1 Å². The highest BCUT2D eigenvalue weighted by Crippen LogP contribution is 2.31. The smallest absolute Gasteiger partial charge is 0.144 e. The Morgan fingerprint density at radius 3 is 2.75 bits per heavy atom. The van der Waals surface area contributed by atoms with Crippen molar-refractivity contribution < 1.29 is 0 Å². The predicted molar refractivity (Wildman–Crippen MR) is 69.5 cm³/mol. The van der Waals surface area contributed by atoms with Gasteiger partial charge in [0.25, 0.3) is 0 Å². The van der Waals surface area contributed by atoms with Crippen LogP contribution in [0.1, 0.15) is 5.56 Å². The fourth-order valence-electron chi connectivity index (χ4n) is 1.33. The molecule has 0 saturated heterocycles. The molecule has 3 nitrogen and oxygen atoms in total. The molecule has 1 N–H and O–H groups in total. The zero-order valence-electron chi connectivity index (χ0n) is 8.49. The zero-order valence-corrected chi connectivity index (χ0v) is 10.9. The summed E-state index contributed by atoms with van der Waals surface area (Å²) in [6.45, 7) is 0. The van der Waals surface area contributed by atoms with Crippen molar-refractivity contribution in [3.8, 4) is 16.6 Å². The molecule has 0 radical (unpaired) electrons. The quantitative estimate of drug-likeness (QED) is 0.922. The molecule has 0 atom stereocenters. The fraction of sp³-hybridized carbons (Fsp3) is 0.0909. The molecule has 0 fully saturated rings. The minimum atomic E-state index is 0.557. The van der Waals surface area contributed by atoms with Crippen LogP contribution in [0.25, 0.3) is 10.6 Å². The minimum absolute atomic E-state index is 0.557. The van der Waals surface area contributed by atoms with Crippen LogP contribution in [-0.2, 0) is 0 Å². The van der Waals surface area contributed by atoms with E-state index >= 15 is 0 Å². The standard InChI is InChI=1S/C11H8BrN3S/c1-14-11-7(6-13)2-3-8(15-11)9-4-5-10(12)16-9/h2-5H,1H3,(H,14,15). The van der Waals surface area contributed by atoms with Crippen molar-refractivity contribution in [3.05, 3.63) is 33.6 Å². The lowest BCUT2D eigenvalue weighted by molar-refractivity contribution is 1.27. The van der Waals surface area contributed by atoms with Gasteiger partial charge in [0.1, 0.15) is 11.9 Å². The summed E-state index contributed by atoms with van der Waals surface area (Å²) >= 11 is 5.03. The van der Waals surface area contributed by atoms with E-state index in [0.29, 0.717) is 11.4 Å². The van der Waals surface area contributed by atoms with Gasteiger partial charge in [-0.25, -0.2) is 4.98 Å². The summed E-state index contributed by atoms with van der Waals surface area (Å²) in [6, 6.07) is 9.73. The molecule has 0 unspecified atom stereocenters. The summed E-state index contributed by atoms with van der Waals surface area (Å²) in [5.74, 6) is 0.615. The molecule has 0 amide bonds. The molecule has 0 aliphatic carbocycles. The van der Waals surface area contributed by atoms with Crippen LogP contribution in [0.5, 0.6) is 0 Å². The highest BCUT2D eigenvalue weighted by Gasteiger charge is 2.07. The van der Waals surface area contributed by atoms with Gasteiger partial charge in [0.15, 0.2) is 0 Å². The third-order valence-corrected chi connectivity index (χ3v) is 3.72. The predicted octanol–water partition coefficient (Wildman–Crippen LogP) is 3.49. The van der Waals surface area contributed by atoms with Gasteiger partial charge in [-0.2, -0.15) is 5.26 Å². The SMILES string of the molecule is CNc1nc(-c2ccc(Br)s2)ccc1C#N. The molecule has 0 aliphatic rings. The van der Waals surface area contributed by atoms with Crippen molar-refractivity contribution in [3.63, 3.8) is 0 Å². The Kier molecular flexibility index (Phi) is 3.22. The maximum absolute atomic E-state index is 8.88. The van der Waals surface area contributed by atoms with Gasteiger partial charge in [-0.3, -0.25) is 0 Å². The molecule has 2 rings (SSSR count). The van der Waals surface area contributed by atoms with E-state index in [1.54, 1.807) is 24.5 Å². The Morgan fingerprint density at radius 1 is 1.38 bits per heavy atom. The molecule has 0 saturated carbocycles. The number of nitriles is 1. The van der Waals surface area contributed by atoms with Crippen LogP contribution in [0, 0.1) is 11.3 Å². The molecule has 0 aromatic carbocycles. The number of pyridine rings is 1. The van der Waals surface area contributed by atoms with Gasteiger partial charge < -0.3 is 5.32 Å². The second-order valence-corrected chi connectivity index (χ2v) is 5.52. The minimum Gasteiger partial charge on any atom is -0.372 e. The van der Waals surface area contributed by atoms with E-state index in [4.69, 9.17) is 5.26 Å².